The van der Waals surface area contributed by atoms with Crippen LogP contribution < -0.4 is 11.1 Å². The Hall–Kier alpha value is -1.56. The molecule has 0 aliphatic carbocycles. The number of anilines is 1. The fourth-order valence-corrected chi connectivity index (χ4v) is 1.19. The summed E-state index contributed by atoms with van der Waals surface area (Å²) in [5.41, 5.74) is 6.21. The van der Waals surface area contributed by atoms with Crippen LogP contribution in [-0.2, 0) is 4.74 Å². The molecular weight excluding hydrogens is 208 g/mol. The molecule has 0 aliphatic rings. The third kappa shape index (κ3) is 3.90. The third-order valence-electron chi connectivity index (χ3n) is 2.00. The number of nitrogens with zero attached hydrogens (tertiary/aromatic N) is 1. The van der Waals surface area contributed by atoms with Crippen molar-refractivity contribution in [2.75, 3.05) is 25.5 Å². The number of amides is 1. The smallest absolute Gasteiger partial charge is 0.271 e. The summed E-state index contributed by atoms with van der Waals surface area (Å²) in [4.78, 5) is 11.5. The Balaban J connectivity index is 2.14. The molecular formula is C10H18N4O2. The lowest BCUT2D eigenvalue weighted by molar-refractivity contribution is 0.0937. The van der Waals surface area contributed by atoms with E-state index in [1.54, 1.807) is 0 Å². The summed E-state index contributed by atoms with van der Waals surface area (Å²) in [6, 6.07) is 0. The quantitative estimate of drug-likeness (QED) is 0.591. The van der Waals surface area contributed by atoms with Crippen molar-refractivity contribution in [3.05, 3.63) is 11.9 Å². The molecule has 0 atom stereocenters. The molecule has 90 valence electrons. The number of aromatic nitrogens is 2. The van der Waals surface area contributed by atoms with Gasteiger partial charge in [0.15, 0.2) is 0 Å². The maximum Gasteiger partial charge on any atom is 0.271 e. The number of carbonyl (C=O) groups is 1. The van der Waals surface area contributed by atoms with E-state index in [0.29, 0.717) is 24.5 Å². The lowest BCUT2D eigenvalue weighted by Crippen LogP contribution is -2.26. The predicted octanol–water partition coefficient (Wildman–Crippen LogP) is 0.538. The van der Waals surface area contributed by atoms with Crippen LogP contribution in [0.1, 0.15) is 30.3 Å². The van der Waals surface area contributed by atoms with E-state index in [2.05, 4.69) is 22.4 Å². The first kappa shape index (κ1) is 12.5. The minimum absolute atomic E-state index is 0.231. The Morgan fingerprint density at radius 1 is 1.62 bits per heavy atom. The Bertz CT molecular complexity index is 324. The number of hydrogen-bond acceptors (Lipinski definition) is 4. The molecule has 0 bridgehead atoms. The second kappa shape index (κ2) is 6.84. The molecule has 1 amide bonds. The lowest BCUT2D eigenvalue weighted by atomic mass is 10.3. The zero-order chi connectivity index (χ0) is 11.8. The van der Waals surface area contributed by atoms with Gasteiger partial charge in [-0.3, -0.25) is 9.89 Å². The molecule has 0 aromatic carbocycles. The molecule has 1 aromatic heterocycles. The van der Waals surface area contributed by atoms with Crippen LogP contribution in [0.25, 0.3) is 0 Å². The minimum Gasteiger partial charge on any atom is -0.396 e. The summed E-state index contributed by atoms with van der Waals surface area (Å²) >= 11 is 0. The first-order chi connectivity index (χ1) is 7.75. The van der Waals surface area contributed by atoms with E-state index in [4.69, 9.17) is 10.5 Å². The van der Waals surface area contributed by atoms with E-state index in [9.17, 15) is 4.79 Å². The summed E-state index contributed by atoms with van der Waals surface area (Å²) < 4.78 is 5.28. The first-order valence-electron chi connectivity index (χ1n) is 5.40. The van der Waals surface area contributed by atoms with Crippen LogP contribution in [0.2, 0.25) is 0 Å². The monoisotopic (exact) mass is 226 g/mol. The van der Waals surface area contributed by atoms with Gasteiger partial charge in [-0.05, 0) is 12.8 Å². The van der Waals surface area contributed by atoms with E-state index in [1.165, 1.54) is 6.20 Å². The zero-order valence-electron chi connectivity index (χ0n) is 9.45. The van der Waals surface area contributed by atoms with Crippen LogP contribution in [0, 0.1) is 0 Å². The van der Waals surface area contributed by atoms with Crippen molar-refractivity contribution in [3.8, 4) is 0 Å². The summed E-state index contributed by atoms with van der Waals surface area (Å²) in [6.45, 7) is 4.05. The largest absolute Gasteiger partial charge is 0.396 e. The van der Waals surface area contributed by atoms with Gasteiger partial charge in [0, 0.05) is 19.8 Å². The van der Waals surface area contributed by atoms with Crippen molar-refractivity contribution in [2.24, 2.45) is 0 Å². The highest BCUT2D eigenvalue weighted by Crippen LogP contribution is 2.04. The van der Waals surface area contributed by atoms with Gasteiger partial charge in [0.25, 0.3) is 5.91 Å². The Kier molecular flexibility index (Phi) is 5.35. The molecule has 1 heterocycles. The summed E-state index contributed by atoms with van der Waals surface area (Å²) in [7, 11) is 0. The van der Waals surface area contributed by atoms with Crippen LogP contribution in [0.3, 0.4) is 0 Å². The SMILES string of the molecule is CCCOCCCNC(=O)c1[nH]ncc1N. The number of rotatable bonds is 7. The van der Waals surface area contributed by atoms with E-state index in [0.717, 1.165) is 19.4 Å². The van der Waals surface area contributed by atoms with Crippen molar-refractivity contribution in [3.63, 3.8) is 0 Å². The Morgan fingerprint density at radius 3 is 3.06 bits per heavy atom. The van der Waals surface area contributed by atoms with Gasteiger partial charge in [-0.2, -0.15) is 5.10 Å². The fourth-order valence-electron chi connectivity index (χ4n) is 1.19. The van der Waals surface area contributed by atoms with E-state index in [1.807, 2.05) is 0 Å². The van der Waals surface area contributed by atoms with Gasteiger partial charge < -0.3 is 15.8 Å². The van der Waals surface area contributed by atoms with E-state index < -0.39 is 0 Å². The highest BCUT2D eigenvalue weighted by Gasteiger charge is 2.10. The Labute approximate surface area is 94.5 Å². The van der Waals surface area contributed by atoms with Gasteiger partial charge in [0.2, 0.25) is 0 Å². The molecule has 0 aliphatic heterocycles. The fraction of sp³-hybridized carbons (Fsp3) is 0.600. The van der Waals surface area contributed by atoms with Gasteiger partial charge >= 0.3 is 0 Å². The van der Waals surface area contributed by atoms with Crippen LogP contribution in [0.4, 0.5) is 5.69 Å². The Morgan fingerprint density at radius 2 is 2.44 bits per heavy atom. The number of nitrogens with two attached hydrogens (primary N) is 1. The van der Waals surface area contributed by atoms with Gasteiger partial charge in [-0.1, -0.05) is 6.92 Å². The summed E-state index contributed by atoms with van der Waals surface area (Å²) in [5.74, 6) is -0.231. The van der Waals surface area contributed by atoms with Crippen molar-refractivity contribution >= 4 is 11.6 Å². The van der Waals surface area contributed by atoms with Crippen LogP contribution in [0.15, 0.2) is 6.20 Å². The van der Waals surface area contributed by atoms with E-state index >= 15 is 0 Å². The number of H-pyrrole nitrogens is 1. The van der Waals surface area contributed by atoms with Crippen molar-refractivity contribution in [1.29, 1.82) is 0 Å². The lowest BCUT2D eigenvalue weighted by Gasteiger charge is -2.04. The number of ether oxygens (including phenoxy) is 1. The van der Waals surface area contributed by atoms with Gasteiger partial charge in [0.05, 0.1) is 11.9 Å². The molecule has 1 rings (SSSR count). The van der Waals surface area contributed by atoms with Crippen molar-refractivity contribution in [1.82, 2.24) is 15.5 Å². The highest BCUT2D eigenvalue weighted by molar-refractivity contribution is 5.96. The topological polar surface area (TPSA) is 93.0 Å². The van der Waals surface area contributed by atoms with Crippen molar-refractivity contribution < 1.29 is 9.53 Å². The second-order valence-corrected chi connectivity index (χ2v) is 3.42. The maximum absolute atomic E-state index is 11.5. The highest BCUT2D eigenvalue weighted by atomic mass is 16.5. The van der Waals surface area contributed by atoms with Crippen molar-refractivity contribution in [2.45, 2.75) is 19.8 Å². The number of nitrogen functional groups attached to an aromatic ring is 1. The predicted molar refractivity (Wildman–Crippen MR) is 61.1 cm³/mol. The molecule has 0 spiro atoms. The molecule has 0 unspecified atom stereocenters. The van der Waals surface area contributed by atoms with Gasteiger partial charge in [0.1, 0.15) is 5.69 Å². The van der Waals surface area contributed by atoms with Crippen LogP contribution in [-0.4, -0.2) is 35.9 Å². The zero-order valence-corrected chi connectivity index (χ0v) is 9.45. The molecule has 16 heavy (non-hydrogen) atoms. The molecule has 1 aromatic rings. The molecule has 0 saturated carbocycles. The number of aromatic amines is 1. The molecule has 6 nitrogen and oxygen atoms in total. The maximum atomic E-state index is 11.5. The molecule has 0 fully saturated rings. The summed E-state index contributed by atoms with van der Waals surface area (Å²) in [6.07, 6.45) is 3.22. The third-order valence-corrected chi connectivity index (χ3v) is 2.00. The van der Waals surface area contributed by atoms with Crippen LogP contribution >= 0.6 is 0 Å². The minimum atomic E-state index is -0.231. The molecule has 6 heteroatoms. The number of hydrogen-bond donors (Lipinski definition) is 3. The van der Waals surface area contributed by atoms with Gasteiger partial charge in [-0.25, -0.2) is 0 Å². The van der Waals surface area contributed by atoms with E-state index in [-0.39, 0.29) is 5.91 Å². The van der Waals surface area contributed by atoms with Gasteiger partial charge in [-0.15, -0.1) is 0 Å². The molecule has 4 N–H and O–H groups in total. The number of carbonyl (C=O) groups excluding carboxylic acids is 1. The second-order valence-electron chi connectivity index (χ2n) is 3.42. The molecule has 0 radical (unpaired) electrons. The summed E-state index contributed by atoms with van der Waals surface area (Å²) in [5, 5.41) is 8.96. The average Bonchev–Trinajstić information content (AvgIpc) is 2.69. The number of nitrogens with one attached hydrogen (secondary N) is 2. The van der Waals surface area contributed by atoms with Crippen LogP contribution in [0.5, 0.6) is 0 Å². The average molecular weight is 226 g/mol. The normalized spacial score (nSPS) is 10.3. The molecule has 0 saturated heterocycles. The first-order valence-corrected chi connectivity index (χ1v) is 5.40. The standard InChI is InChI=1S/C10H18N4O2/c1-2-5-16-6-3-4-12-10(15)9-8(11)7-13-14-9/h7H,2-6,11H2,1H3,(H,12,15)(H,13,14).